The smallest absolute Gasteiger partial charge is 0.399 e. The summed E-state index contributed by atoms with van der Waals surface area (Å²) < 4.78 is 41.8. The Kier molecular flexibility index (Phi) is 4.45. The maximum atomic E-state index is 13.9. The van der Waals surface area contributed by atoms with Crippen LogP contribution in [0.25, 0.3) is 0 Å². The molecule has 2 amide bonds. The van der Waals surface area contributed by atoms with E-state index in [9.17, 15) is 22.8 Å². The molecule has 3 heterocycles. The Morgan fingerprint density at radius 2 is 1.78 bits per heavy atom. The zero-order chi connectivity index (χ0) is 22.8. The second kappa shape index (κ2) is 6.99. The van der Waals surface area contributed by atoms with E-state index in [2.05, 4.69) is 10.7 Å². The Labute approximate surface area is 181 Å². The molecule has 0 radical (unpaired) electrons. The molecule has 1 fully saturated rings. The maximum absolute atomic E-state index is 13.9. The molecular weight excluding hydrogens is 423 g/mol. The number of hydrogen-bond donors (Lipinski definition) is 3. The van der Waals surface area contributed by atoms with Crippen molar-refractivity contribution in [3.8, 4) is 0 Å². The molecule has 166 valence electrons. The number of nitrogens with two attached hydrogens (primary N) is 1. The molecular formula is C22H20F3N5O2. The van der Waals surface area contributed by atoms with Crippen LogP contribution in [0, 0.1) is 0 Å². The first kappa shape index (κ1) is 20.4. The van der Waals surface area contributed by atoms with E-state index in [-0.39, 0.29) is 12.2 Å². The maximum Gasteiger partial charge on any atom is 0.406 e. The van der Waals surface area contributed by atoms with Crippen molar-refractivity contribution in [1.29, 1.82) is 0 Å². The van der Waals surface area contributed by atoms with Crippen molar-refractivity contribution < 1.29 is 22.8 Å². The van der Waals surface area contributed by atoms with Gasteiger partial charge in [-0.3, -0.25) is 14.5 Å². The molecule has 0 spiro atoms. The third-order valence-electron chi connectivity index (χ3n) is 6.14. The number of alkyl halides is 3. The number of anilines is 1. The third kappa shape index (κ3) is 3.01. The van der Waals surface area contributed by atoms with E-state index in [0.29, 0.717) is 28.1 Å². The van der Waals surface area contributed by atoms with Gasteiger partial charge in [-0.2, -0.15) is 13.2 Å². The summed E-state index contributed by atoms with van der Waals surface area (Å²) in [7, 11) is 0. The van der Waals surface area contributed by atoms with Gasteiger partial charge in [0.15, 0.2) is 0 Å². The molecule has 0 bridgehead atoms. The lowest BCUT2D eigenvalue weighted by Crippen LogP contribution is -2.57. The number of nitrogen functional groups attached to an aromatic ring is 1. The Morgan fingerprint density at radius 1 is 1.06 bits per heavy atom. The fourth-order valence-electron chi connectivity index (χ4n) is 4.70. The molecule has 32 heavy (non-hydrogen) atoms. The van der Waals surface area contributed by atoms with Gasteiger partial charge in [0.25, 0.3) is 11.8 Å². The van der Waals surface area contributed by atoms with E-state index in [1.807, 2.05) is 0 Å². The molecule has 3 aliphatic heterocycles. The van der Waals surface area contributed by atoms with E-state index in [1.165, 1.54) is 11.0 Å². The van der Waals surface area contributed by atoms with Gasteiger partial charge in [0.1, 0.15) is 17.9 Å². The number of halogens is 3. The summed E-state index contributed by atoms with van der Waals surface area (Å²) >= 11 is 0. The van der Waals surface area contributed by atoms with Crippen LogP contribution in [-0.2, 0) is 11.3 Å². The number of carbonyl (C=O) groups is 2. The van der Waals surface area contributed by atoms with Crippen molar-refractivity contribution in [2.75, 3.05) is 5.73 Å². The van der Waals surface area contributed by atoms with Gasteiger partial charge >= 0.3 is 6.18 Å². The lowest BCUT2D eigenvalue weighted by molar-refractivity contribution is -0.161. The molecule has 2 aromatic carbocycles. The van der Waals surface area contributed by atoms with E-state index >= 15 is 0 Å². The van der Waals surface area contributed by atoms with Gasteiger partial charge in [0.2, 0.25) is 0 Å². The number of nitrogens with one attached hydrogen (secondary N) is 2. The summed E-state index contributed by atoms with van der Waals surface area (Å²) in [5, 5.41) is 4.01. The highest BCUT2D eigenvalue weighted by Gasteiger charge is 2.58. The fraction of sp³-hybridized carbons (Fsp3) is 0.273. The molecule has 1 saturated heterocycles. The van der Waals surface area contributed by atoms with Crippen LogP contribution in [0.3, 0.4) is 0 Å². The topological polar surface area (TPSA) is 90.7 Å². The normalized spacial score (nSPS) is 25.2. The van der Waals surface area contributed by atoms with E-state index in [0.717, 1.165) is 5.01 Å². The number of carbonyl (C=O) groups excluding carboxylic acids is 2. The molecule has 3 aliphatic rings. The van der Waals surface area contributed by atoms with Crippen molar-refractivity contribution in [2.24, 2.45) is 0 Å². The number of benzene rings is 2. The van der Waals surface area contributed by atoms with Gasteiger partial charge in [-0.15, -0.1) is 0 Å². The number of amides is 2. The first-order valence-electron chi connectivity index (χ1n) is 10.1. The van der Waals surface area contributed by atoms with Crippen LogP contribution >= 0.6 is 0 Å². The van der Waals surface area contributed by atoms with E-state index < -0.39 is 36.1 Å². The zero-order valence-electron chi connectivity index (χ0n) is 17.0. The van der Waals surface area contributed by atoms with Crippen molar-refractivity contribution in [3.63, 3.8) is 0 Å². The second-order valence-electron chi connectivity index (χ2n) is 8.13. The van der Waals surface area contributed by atoms with Crippen LogP contribution < -0.4 is 16.5 Å². The second-order valence-corrected chi connectivity index (χ2v) is 8.13. The number of fused-ring (bicyclic) bond motifs is 2. The van der Waals surface area contributed by atoms with Crippen molar-refractivity contribution in [3.05, 3.63) is 76.6 Å². The average Bonchev–Trinajstić information content (AvgIpc) is 3.28. The van der Waals surface area contributed by atoms with Crippen LogP contribution in [0.4, 0.5) is 18.9 Å². The number of nitrogens with zero attached hydrogens (tertiary/aromatic N) is 2. The summed E-state index contributed by atoms with van der Waals surface area (Å²) in [5.74, 6) is -2.17. The minimum absolute atomic E-state index is 0.0168. The van der Waals surface area contributed by atoms with Crippen LogP contribution in [0.2, 0.25) is 0 Å². The van der Waals surface area contributed by atoms with Crippen molar-refractivity contribution >= 4 is 17.5 Å². The third-order valence-corrected chi connectivity index (χ3v) is 6.14. The van der Waals surface area contributed by atoms with Gasteiger partial charge in [0, 0.05) is 16.9 Å². The predicted molar refractivity (Wildman–Crippen MR) is 109 cm³/mol. The fourth-order valence-corrected chi connectivity index (χ4v) is 4.70. The van der Waals surface area contributed by atoms with E-state index in [4.69, 9.17) is 5.73 Å². The van der Waals surface area contributed by atoms with Gasteiger partial charge in [-0.25, -0.2) is 10.4 Å². The Morgan fingerprint density at radius 3 is 2.47 bits per heavy atom. The Hall–Kier alpha value is -3.53. The van der Waals surface area contributed by atoms with Crippen LogP contribution in [0.5, 0.6) is 0 Å². The highest BCUT2D eigenvalue weighted by atomic mass is 19.4. The van der Waals surface area contributed by atoms with Crippen LogP contribution in [-0.4, -0.2) is 40.1 Å². The molecule has 4 N–H and O–H groups in total. The molecule has 0 aliphatic carbocycles. The number of rotatable bonds is 2. The highest BCUT2D eigenvalue weighted by Crippen LogP contribution is 2.42. The quantitative estimate of drug-likeness (QED) is 0.621. The molecule has 10 heteroatoms. The largest absolute Gasteiger partial charge is 0.406 e. The SMILES string of the molecule is CC1=C(N2Cc3ccc(N)cc3C2=O)C(=O)N2NC(C(F)(F)F)C(c3ccccc3)C2N1. The standard InChI is InChI=1S/C22H20F3N5O2/c1-11-17(29-10-13-7-8-14(26)9-15(13)20(29)31)21(32)30-19(27-11)16(12-5-3-2-4-6-12)18(28-30)22(23,24)25/h2-9,16,18-19,27-28H,10,26H2,1H3. The van der Waals surface area contributed by atoms with Crippen LogP contribution in [0.15, 0.2) is 59.9 Å². The Bertz CT molecular complexity index is 1150. The first-order valence-corrected chi connectivity index (χ1v) is 10.1. The molecule has 3 unspecified atom stereocenters. The summed E-state index contributed by atoms with van der Waals surface area (Å²) in [6.45, 7) is 1.73. The minimum atomic E-state index is -4.59. The molecule has 0 saturated carbocycles. The molecule has 5 rings (SSSR count). The lowest BCUT2D eigenvalue weighted by atomic mass is 9.89. The summed E-state index contributed by atoms with van der Waals surface area (Å²) in [6.07, 6.45) is -5.55. The summed E-state index contributed by atoms with van der Waals surface area (Å²) in [4.78, 5) is 27.7. The Balaban J connectivity index is 1.52. The van der Waals surface area contributed by atoms with Gasteiger partial charge in [-0.1, -0.05) is 36.4 Å². The first-order chi connectivity index (χ1) is 15.2. The zero-order valence-corrected chi connectivity index (χ0v) is 17.0. The van der Waals surface area contributed by atoms with E-state index in [1.54, 1.807) is 49.4 Å². The van der Waals surface area contributed by atoms with Crippen molar-refractivity contribution in [1.82, 2.24) is 20.7 Å². The number of allylic oxidation sites excluding steroid dienone is 1. The van der Waals surface area contributed by atoms with Gasteiger partial charge in [0.05, 0.1) is 12.5 Å². The molecule has 7 nitrogen and oxygen atoms in total. The monoisotopic (exact) mass is 443 g/mol. The van der Waals surface area contributed by atoms with Crippen LogP contribution in [0.1, 0.15) is 34.3 Å². The van der Waals surface area contributed by atoms with Gasteiger partial charge in [-0.05, 0) is 30.2 Å². The number of hydrazine groups is 1. The van der Waals surface area contributed by atoms with Gasteiger partial charge < -0.3 is 11.1 Å². The highest BCUT2D eigenvalue weighted by molar-refractivity contribution is 6.06. The summed E-state index contributed by atoms with van der Waals surface area (Å²) in [6, 6.07) is 11.2. The molecule has 0 aromatic heterocycles. The minimum Gasteiger partial charge on any atom is -0.399 e. The summed E-state index contributed by atoms with van der Waals surface area (Å²) in [5.41, 5.74) is 10.4. The lowest BCUT2D eigenvalue weighted by Gasteiger charge is -2.37. The molecule has 3 atom stereocenters. The van der Waals surface area contributed by atoms with Crippen molar-refractivity contribution in [2.45, 2.75) is 37.8 Å². The number of hydrogen-bond acceptors (Lipinski definition) is 5. The predicted octanol–water partition coefficient (Wildman–Crippen LogP) is 2.45. The molecule has 2 aromatic rings. The average molecular weight is 443 g/mol.